The molecule has 2 rings (SSSR count). The van der Waals surface area contributed by atoms with Gasteiger partial charge in [-0.2, -0.15) is 4.98 Å². The summed E-state index contributed by atoms with van der Waals surface area (Å²) in [5.74, 6) is 1.62. The lowest BCUT2D eigenvalue weighted by atomic mass is 9.98. The molecule has 0 spiro atoms. The maximum atomic E-state index is 5.42. The first-order valence-electron chi connectivity index (χ1n) is 6.73. The molecule has 0 radical (unpaired) electrons. The molecule has 0 aliphatic rings. The van der Waals surface area contributed by atoms with Crippen molar-refractivity contribution in [3.8, 4) is 11.4 Å². The van der Waals surface area contributed by atoms with Crippen molar-refractivity contribution < 1.29 is 4.52 Å². The molecule has 0 bridgehead atoms. The topological polar surface area (TPSA) is 51.0 Å². The van der Waals surface area contributed by atoms with Crippen molar-refractivity contribution in [2.75, 3.05) is 7.05 Å². The second kappa shape index (κ2) is 5.97. The van der Waals surface area contributed by atoms with E-state index in [4.69, 9.17) is 4.52 Å². The van der Waals surface area contributed by atoms with E-state index < -0.39 is 0 Å². The van der Waals surface area contributed by atoms with Crippen molar-refractivity contribution in [3.63, 3.8) is 0 Å². The smallest absolute Gasteiger partial charge is 0.231 e. The van der Waals surface area contributed by atoms with Gasteiger partial charge in [-0.25, -0.2) is 0 Å². The Labute approximate surface area is 114 Å². The Balaban J connectivity index is 2.25. The molecule has 1 aromatic heterocycles. The molecule has 2 unspecified atom stereocenters. The van der Waals surface area contributed by atoms with Crippen LogP contribution < -0.4 is 5.32 Å². The van der Waals surface area contributed by atoms with Gasteiger partial charge in [-0.05, 0) is 27.3 Å². The second-order valence-corrected chi connectivity index (χ2v) is 4.91. The highest BCUT2D eigenvalue weighted by atomic mass is 16.5. The molecule has 0 amide bonds. The maximum Gasteiger partial charge on any atom is 0.231 e. The van der Waals surface area contributed by atoms with Gasteiger partial charge in [0.1, 0.15) is 0 Å². The van der Waals surface area contributed by atoms with E-state index in [-0.39, 0.29) is 5.92 Å². The average molecular weight is 259 g/mol. The summed E-state index contributed by atoms with van der Waals surface area (Å²) >= 11 is 0. The number of rotatable bonds is 5. The van der Waals surface area contributed by atoms with Crippen LogP contribution in [-0.2, 0) is 0 Å². The summed E-state index contributed by atoms with van der Waals surface area (Å²) < 4.78 is 5.42. The van der Waals surface area contributed by atoms with E-state index in [9.17, 15) is 0 Å². The third-order valence-electron chi connectivity index (χ3n) is 3.57. The Morgan fingerprint density at radius 1 is 1.26 bits per heavy atom. The standard InChI is InChI=1S/C15H21N3O/c1-5-13(11(3)16-4)15-17-14(18-19-15)12-8-6-10(2)7-9-12/h6-9,11,13,16H,5H2,1-4H3. The van der Waals surface area contributed by atoms with Crippen molar-refractivity contribution in [2.24, 2.45) is 0 Å². The largest absolute Gasteiger partial charge is 0.339 e. The van der Waals surface area contributed by atoms with Crippen molar-refractivity contribution >= 4 is 0 Å². The van der Waals surface area contributed by atoms with Crippen LogP contribution in [0.15, 0.2) is 28.8 Å². The minimum Gasteiger partial charge on any atom is -0.339 e. The van der Waals surface area contributed by atoms with Crippen molar-refractivity contribution in [2.45, 2.75) is 39.2 Å². The lowest BCUT2D eigenvalue weighted by Crippen LogP contribution is -2.28. The van der Waals surface area contributed by atoms with E-state index >= 15 is 0 Å². The monoisotopic (exact) mass is 259 g/mol. The molecule has 0 saturated heterocycles. The number of likely N-dealkylation sites (N-methyl/N-ethyl adjacent to an activating group) is 1. The van der Waals surface area contributed by atoms with Gasteiger partial charge in [0.05, 0.1) is 5.92 Å². The summed E-state index contributed by atoms with van der Waals surface area (Å²) in [6.45, 7) is 6.32. The predicted octanol–water partition coefficient (Wildman–Crippen LogP) is 3.15. The molecule has 19 heavy (non-hydrogen) atoms. The van der Waals surface area contributed by atoms with E-state index in [1.165, 1.54) is 5.56 Å². The highest BCUT2D eigenvalue weighted by molar-refractivity contribution is 5.54. The molecule has 2 atom stereocenters. The third-order valence-corrected chi connectivity index (χ3v) is 3.57. The molecule has 2 aromatic rings. The minimum absolute atomic E-state index is 0.247. The van der Waals surface area contributed by atoms with Gasteiger partial charge >= 0.3 is 0 Å². The lowest BCUT2D eigenvalue weighted by molar-refractivity contribution is 0.322. The number of hydrogen-bond donors (Lipinski definition) is 1. The van der Waals surface area contributed by atoms with Gasteiger partial charge in [-0.3, -0.25) is 0 Å². The van der Waals surface area contributed by atoms with Crippen molar-refractivity contribution in [1.82, 2.24) is 15.5 Å². The van der Waals surface area contributed by atoms with Crippen LogP contribution >= 0.6 is 0 Å². The lowest BCUT2D eigenvalue weighted by Gasteiger charge is -2.17. The Morgan fingerprint density at radius 2 is 1.95 bits per heavy atom. The SMILES string of the molecule is CCC(c1nc(-c2ccc(C)cc2)no1)C(C)NC. The van der Waals surface area contributed by atoms with Crippen LogP contribution in [0.5, 0.6) is 0 Å². The number of hydrogen-bond acceptors (Lipinski definition) is 4. The first-order chi connectivity index (χ1) is 9.15. The van der Waals surface area contributed by atoms with E-state index in [0.717, 1.165) is 12.0 Å². The highest BCUT2D eigenvalue weighted by Gasteiger charge is 2.22. The summed E-state index contributed by atoms with van der Waals surface area (Å²) in [6, 6.07) is 8.47. The Kier molecular flexibility index (Phi) is 4.32. The molecule has 0 aliphatic carbocycles. The average Bonchev–Trinajstić information content (AvgIpc) is 2.89. The molecule has 0 saturated carbocycles. The summed E-state index contributed by atoms with van der Waals surface area (Å²) in [5, 5.41) is 7.33. The molecule has 0 fully saturated rings. The zero-order valence-corrected chi connectivity index (χ0v) is 12.0. The minimum atomic E-state index is 0.247. The highest BCUT2D eigenvalue weighted by Crippen LogP contribution is 2.24. The summed E-state index contributed by atoms with van der Waals surface area (Å²) in [4.78, 5) is 4.53. The van der Waals surface area contributed by atoms with E-state index in [1.807, 2.05) is 19.2 Å². The molecule has 102 valence electrons. The Hall–Kier alpha value is -1.68. The molecule has 4 nitrogen and oxygen atoms in total. The fourth-order valence-electron chi connectivity index (χ4n) is 2.15. The fourth-order valence-corrected chi connectivity index (χ4v) is 2.15. The van der Waals surface area contributed by atoms with Crippen LogP contribution in [0.25, 0.3) is 11.4 Å². The zero-order chi connectivity index (χ0) is 13.8. The van der Waals surface area contributed by atoms with Crippen molar-refractivity contribution in [3.05, 3.63) is 35.7 Å². The van der Waals surface area contributed by atoms with Gasteiger partial charge in [-0.15, -0.1) is 0 Å². The molecular formula is C15H21N3O. The molecular weight excluding hydrogens is 238 g/mol. The van der Waals surface area contributed by atoms with Crippen LogP contribution in [0.4, 0.5) is 0 Å². The summed E-state index contributed by atoms with van der Waals surface area (Å²) in [5.41, 5.74) is 2.22. The number of aryl methyl sites for hydroxylation is 1. The predicted molar refractivity (Wildman–Crippen MR) is 76.0 cm³/mol. The zero-order valence-electron chi connectivity index (χ0n) is 12.0. The molecule has 4 heteroatoms. The van der Waals surface area contributed by atoms with Gasteiger partial charge in [0.15, 0.2) is 0 Å². The van der Waals surface area contributed by atoms with E-state index in [0.29, 0.717) is 17.8 Å². The number of benzene rings is 1. The van der Waals surface area contributed by atoms with E-state index in [2.05, 4.69) is 48.4 Å². The summed E-state index contributed by atoms with van der Waals surface area (Å²) in [6.07, 6.45) is 0.970. The third kappa shape index (κ3) is 3.01. The molecule has 1 heterocycles. The van der Waals surface area contributed by atoms with Crippen LogP contribution in [0, 0.1) is 6.92 Å². The Morgan fingerprint density at radius 3 is 2.53 bits per heavy atom. The van der Waals surface area contributed by atoms with Crippen LogP contribution in [0.1, 0.15) is 37.6 Å². The molecule has 1 N–H and O–H groups in total. The van der Waals surface area contributed by atoms with E-state index in [1.54, 1.807) is 0 Å². The Bertz CT molecular complexity index is 518. The van der Waals surface area contributed by atoms with Crippen LogP contribution in [0.2, 0.25) is 0 Å². The number of nitrogens with one attached hydrogen (secondary N) is 1. The molecule has 0 aliphatic heterocycles. The van der Waals surface area contributed by atoms with Gasteiger partial charge in [-0.1, -0.05) is 41.9 Å². The fraction of sp³-hybridized carbons (Fsp3) is 0.467. The first-order valence-corrected chi connectivity index (χ1v) is 6.73. The first kappa shape index (κ1) is 13.7. The quantitative estimate of drug-likeness (QED) is 0.896. The number of nitrogens with zero attached hydrogens (tertiary/aromatic N) is 2. The maximum absolute atomic E-state index is 5.42. The van der Waals surface area contributed by atoms with Gasteiger partial charge in [0.2, 0.25) is 11.7 Å². The normalized spacial score (nSPS) is 14.3. The van der Waals surface area contributed by atoms with Crippen LogP contribution in [-0.4, -0.2) is 23.2 Å². The van der Waals surface area contributed by atoms with Gasteiger partial charge in [0, 0.05) is 11.6 Å². The summed E-state index contributed by atoms with van der Waals surface area (Å²) in [7, 11) is 1.95. The van der Waals surface area contributed by atoms with Gasteiger partial charge < -0.3 is 9.84 Å². The number of aromatic nitrogens is 2. The molecule has 1 aromatic carbocycles. The van der Waals surface area contributed by atoms with Crippen molar-refractivity contribution in [1.29, 1.82) is 0 Å². The second-order valence-electron chi connectivity index (χ2n) is 4.91. The van der Waals surface area contributed by atoms with Crippen LogP contribution in [0.3, 0.4) is 0 Å². The van der Waals surface area contributed by atoms with Gasteiger partial charge in [0.25, 0.3) is 0 Å².